The number of aromatic nitrogens is 1. The van der Waals surface area contributed by atoms with Crippen molar-refractivity contribution in [2.24, 2.45) is 0 Å². The van der Waals surface area contributed by atoms with Crippen LogP contribution in [-0.4, -0.2) is 11.5 Å². The highest BCUT2D eigenvalue weighted by Gasteiger charge is 2.13. The zero-order valence-electron chi connectivity index (χ0n) is 11.1. The van der Waals surface area contributed by atoms with Gasteiger partial charge in [0.1, 0.15) is 24.1 Å². The molecule has 1 aliphatic rings. The number of nitrogens with zero attached hydrogens (tertiary/aromatic N) is 2. The number of rotatable bonds is 3. The number of anilines is 1. The normalized spacial score (nSPS) is 12.9. The van der Waals surface area contributed by atoms with Gasteiger partial charge in [0.25, 0.3) is 0 Å². The number of para-hydroxylation sites is 1. The molecule has 100 valence electrons. The summed E-state index contributed by atoms with van der Waals surface area (Å²) >= 11 is 0. The van der Waals surface area contributed by atoms with E-state index >= 15 is 0 Å². The van der Waals surface area contributed by atoms with Gasteiger partial charge in [-0.2, -0.15) is 5.26 Å². The van der Waals surface area contributed by atoms with E-state index in [-0.39, 0.29) is 0 Å². The predicted molar refractivity (Wildman–Crippen MR) is 76.5 cm³/mol. The van der Waals surface area contributed by atoms with Gasteiger partial charge in [-0.1, -0.05) is 12.1 Å². The Labute approximate surface area is 118 Å². The van der Waals surface area contributed by atoms with Gasteiger partial charge in [0.15, 0.2) is 0 Å². The summed E-state index contributed by atoms with van der Waals surface area (Å²) < 4.78 is 5.89. The van der Waals surface area contributed by atoms with Crippen LogP contribution in [0.2, 0.25) is 0 Å². The van der Waals surface area contributed by atoms with E-state index in [9.17, 15) is 0 Å². The Kier molecular flexibility index (Phi) is 3.51. The molecular formula is C16H15N3O. The molecule has 2 aromatic rings. The highest BCUT2D eigenvalue weighted by atomic mass is 16.5. The van der Waals surface area contributed by atoms with Gasteiger partial charge in [0.05, 0.1) is 5.69 Å². The molecule has 0 saturated heterocycles. The van der Waals surface area contributed by atoms with E-state index in [0.29, 0.717) is 12.3 Å². The van der Waals surface area contributed by atoms with Crippen molar-refractivity contribution in [3.8, 4) is 11.8 Å². The molecule has 1 aliphatic heterocycles. The highest BCUT2D eigenvalue weighted by Crippen LogP contribution is 2.32. The van der Waals surface area contributed by atoms with Crippen LogP contribution in [0.4, 0.5) is 5.69 Å². The molecule has 0 spiro atoms. The van der Waals surface area contributed by atoms with Crippen molar-refractivity contribution in [2.75, 3.05) is 11.9 Å². The number of nitrogens with one attached hydrogen (secondary N) is 1. The van der Waals surface area contributed by atoms with Crippen molar-refractivity contribution in [1.29, 1.82) is 5.26 Å². The van der Waals surface area contributed by atoms with Crippen LogP contribution < -0.4 is 10.1 Å². The van der Waals surface area contributed by atoms with Gasteiger partial charge in [0, 0.05) is 12.7 Å². The molecule has 0 aliphatic carbocycles. The second kappa shape index (κ2) is 5.62. The number of nitriles is 1. The van der Waals surface area contributed by atoms with Crippen molar-refractivity contribution in [3.05, 3.63) is 53.3 Å². The average Bonchev–Trinajstić information content (AvgIpc) is 2.53. The van der Waals surface area contributed by atoms with E-state index in [1.807, 2.05) is 24.3 Å². The maximum Gasteiger partial charge on any atom is 0.143 e. The summed E-state index contributed by atoms with van der Waals surface area (Å²) in [6.07, 6.45) is 3.88. The van der Waals surface area contributed by atoms with Crippen molar-refractivity contribution >= 4 is 5.69 Å². The molecule has 1 aromatic carbocycles. The van der Waals surface area contributed by atoms with Gasteiger partial charge in [0.2, 0.25) is 0 Å². The van der Waals surface area contributed by atoms with E-state index in [2.05, 4.69) is 16.4 Å². The Morgan fingerprint density at radius 3 is 3.20 bits per heavy atom. The molecule has 0 unspecified atom stereocenters. The lowest BCUT2D eigenvalue weighted by atomic mass is 10.0. The summed E-state index contributed by atoms with van der Waals surface area (Å²) in [5, 5.41) is 12.2. The van der Waals surface area contributed by atoms with E-state index in [1.165, 1.54) is 5.56 Å². The number of aryl methyl sites for hydroxylation is 1. The minimum absolute atomic E-state index is 0.416. The fraction of sp³-hybridized carbons (Fsp3) is 0.250. The van der Waals surface area contributed by atoms with Crippen molar-refractivity contribution in [3.63, 3.8) is 0 Å². The second-order valence-electron chi connectivity index (χ2n) is 4.77. The molecule has 4 nitrogen and oxygen atoms in total. The molecule has 4 heteroatoms. The van der Waals surface area contributed by atoms with Crippen LogP contribution in [-0.2, 0) is 13.0 Å². The fourth-order valence-electron chi connectivity index (χ4n) is 2.38. The smallest absolute Gasteiger partial charge is 0.143 e. The molecule has 1 aromatic heterocycles. The van der Waals surface area contributed by atoms with Crippen LogP contribution in [0.5, 0.6) is 5.75 Å². The molecular weight excluding hydrogens is 250 g/mol. The number of fused-ring (bicyclic) bond motifs is 1. The maximum absolute atomic E-state index is 8.84. The van der Waals surface area contributed by atoms with Gasteiger partial charge in [-0.3, -0.25) is 0 Å². The highest BCUT2D eigenvalue weighted by molar-refractivity contribution is 5.63. The predicted octanol–water partition coefficient (Wildman–Crippen LogP) is 2.89. The summed E-state index contributed by atoms with van der Waals surface area (Å²) in [6.45, 7) is 1.43. The first kappa shape index (κ1) is 12.5. The van der Waals surface area contributed by atoms with Gasteiger partial charge in [-0.05, 0) is 42.2 Å². The van der Waals surface area contributed by atoms with Crippen LogP contribution in [0.3, 0.4) is 0 Å². The van der Waals surface area contributed by atoms with Gasteiger partial charge in [-0.15, -0.1) is 0 Å². The van der Waals surface area contributed by atoms with Crippen LogP contribution >= 0.6 is 0 Å². The van der Waals surface area contributed by atoms with Crippen LogP contribution in [0.1, 0.15) is 23.2 Å². The zero-order chi connectivity index (χ0) is 13.8. The number of hydrogen-bond acceptors (Lipinski definition) is 4. The first-order chi connectivity index (χ1) is 9.86. The molecule has 2 heterocycles. The third-order valence-electron chi connectivity index (χ3n) is 3.37. The second-order valence-corrected chi connectivity index (χ2v) is 4.77. The van der Waals surface area contributed by atoms with E-state index in [4.69, 9.17) is 10.00 Å². The minimum atomic E-state index is 0.416. The molecule has 0 fully saturated rings. The van der Waals surface area contributed by atoms with Crippen LogP contribution in [0.15, 0.2) is 36.5 Å². The molecule has 3 rings (SSSR count). The molecule has 0 radical (unpaired) electrons. The number of hydrogen-bond donors (Lipinski definition) is 1. The maximum atomic E-state index is 8.84. The van der Waals surface area contributed by atoms with E-state index in [0.717, 1.165) is 36.4 Å². The Morgan fingerprint density at radius 1 is 1.35 bits per heavy atom. The molecule has 0 saturated carbocycles. The number of pyridine rings is 1. The molecule has 1 N–H and O–H groups in total. The van der Waals surface area contributed by atoms with Gasteiger partial charge in [-0.25, -0.2) is 4.98 Å². The molecule has 0 amide bonds. The van der Waals surface area contributed by atoms with Crippen molar-refractivity contribution < 1.29 is 4.74 Å². The quantitative estimate of drug-likeness (QED) is 0.927. The monoisotopic (exact) mass is 265 g/mol. The summed E-state index contributed by atoms with van der Waals surface area (Å²) in [5.41, 5.74) is 3.78. The summed E-state index contributed by atoms with van der Waals surface area (Å²) in [4.78, 5) is 3.95. The molecule has 20 heavy (non-hydrogen) atoms. The standard InChI is InChI=1S/C16H15N3O/c17-10-14-9-12(6-8-18-14)11-20-15-5-1-3-13-4-2-7-19-16(13)15/h1,3,5-6,8-9,19H,2,4,7,11H2. The van der Waals surface area contributed by atoms with Gasteiger partial charge >= 0.3 is 0 Å². The fourth-order valence-corrected chi connectivity index (χ4v) is 2.38. The Bertz CT molecular complexity index is 661. The molecule has 0 atom stereocenters. The largest absolute Gasteiger partial charge is 0.487 e. The Morgan fingerprint density at radius 2 is 2.30 bits per heavy atom. The van der Waals surface area contributed by atoms with E-state index in [1.54, 1.807) is 12.3 Å². The SMILES string of the molecule is N#Cc1cc(COc2cccc3c2NCCC3)ccn1. The lowest BCUT2D eigenvalue weighted by Gasteiger charge is -2.21. The summed E-state index contributed by atoms with van der Waals surface area (Å²) in [7, 11) is 0. The Balaban J connectivity index is 1.77. The lowest BCUT2D eigenvalue weighted by molar-refractivity contribution is 0.307. The Hall–Kier alpha value is -2.54. The molecule has 0 bridgehead atoms. The first-order valence-corrected chi connectivity index (χ1v) is 6.70. The van der Waals surface area contributed by atoms with Crippen LogP contribution in [0, 0.1) is 11.3 Å². The van der Waals surface area contributed by atoms with Crippen molar-refractivity contribution in [1.82, 2.24) is 4.98 Å². The number of ether oxygens (including phenoxy) is 1. The topological polar surface area (TPSA) is 57.9 Å². The van der Waals surface area contributed by atoms with E-state index < -0.39 is 0 Å². The van der Waals surface area contributed by atoms with Crippen LogP contribution in [0.25, 0.3) is 0 Å². The third-order valence-corrected chi connectivity index (χ3v) is 3.37. The zero-order valence-corrected chi connectivity index (χ0v) is 11.1. The minimum Gasteiger partial charge on any atom is -0.487 e. The first-order valence-electron chi connectivity index (χ1n) is 6.70. The lowest BCUT2D eigenvalue weighted by Crippen LogP contribution is -2.13. The summed E-state index contributed by atoms with van der Waals surface area (Å²) in [5.74, 6) is 0.873. The van der Waals surface area contributed by atoms with Crippen molar-refractivity contribution in [2.45, 2.75) is 19.4 Å². The third kappa shape index (κ3) is 2.57. The number of benzene rings is 1. The average molecular weight is 265 g/mol. The van der Waals surface area contributed by atoms with Gasteiger partial charge < -0.3 is 10.1 Å². The summed E-state index contributed by atoms with van der Waals surface area (Å²) in [6, 6.07) is 11.8.